The number of nitrogen functional groups attached to an aromatic ring is 1. The minimum Gasteiger partial charge on any atom is -0.444 e. The summed E-state index contributed by atoms with van der Waals surface area (Å²) in [5.74, 6) is 4.89. The van der Waals surface area contributed by atoms with Crippen LogP contribution in [0.2, 0.25) is 5.02 Å². The van der Waals surface area contributed by atoms with E-state index >= 15 is 0 Å². The van der Waals surface area contributed by atoms with Gasteiger partial charge < -0.3 is 15.0 Å². The first-order valence-electron chi connectivity index (χ1n) is 10.3. The minimum atomic E-state index is -0.823. The Morgan fingerprint density at radius 3 is 2.52 bits per heavy atom. The Morgan fingerprint density at radius 1 is 1.24 bits per heavy atom. The van der Waals surface area contributed by atoms with E-state index in [1.807, 2.05) is 18.2 Å². The van der Waals surface area contributed by atoms with Crippen LogP contribution in [0.4, 0.5) is 10.5 Å². The van der Waals surface area contributed by atoms with Gasteiger partial charge in [-0.15, -0.1) is 11.8 Å². The Bertz CT molecular complexity index is 1070. The molecule has 33 heavy (non-hydrogen) atoms. The lowest BCUT2D eigenvalue weighted by molar-refractivity contribution is -0.120. The predicted octanol–water partition coefficient (Wildman–Crippen LogP) is 3.78. The number of rotatable bonds is 4. The number of nitrogens with zero attached hydrogens (tertiary/aromatic N) is 1. The van der Waals surface area contributed by atoms with Crippen LogP contribution in [0.1, 0.15) is 42.3 Å². The summed E-state index contributed by atoms with van der Waals surface area (Å²) in [5.41, 5.74) is 3.95. The first-order valence-corrected chi connectivity index (χ1v) is 11.7. The molecule has 0 bridgehead atoms. The van der Waals surface area contributed by atoms with Gasteiger partial charge in [0.05, 0.1) is 12.2 Å². The van der Waals surface area contributed by atoms with Crippen molar-refractivity contribution in [2.24, 2.45) is 5.84 Å². The number of halogens is 1. The van der Waals surface area contributed by atoms with Crippen molar-refractivity contribution >= 4 is 47.0 Å². The van der Waals surface area contributed by atoms with E-state index in [1.54, 1.807) is 50.8 Å². The highest BCUT2D eigenvalue weighted by Gasteiger charge is 2.34. The average Bonchev–Trinajstić information content (AvgIpc) is 2.85. The molecule has 2 aromatic carbocycles. The molecule has 0 saturated carbocycles. The molecule has 0 spiro atoms. The molecule has 1 heterocycles. The van der Waals surface area contributed by atoms with E-state index in [4.69, 9.17) is 22.2 Å². The largest absolute Gasteiger partial charge is 0.444 e. The molecule has 3 amide bonds. The van der Waals surface area contributed by atoms with E-state index < -0.39 is 23.6 Å². The Morgan fingerprint density at radius 2 is 1.91 bits per heavy atom. The molecule has 3 rings (SSSR count). The summed E-state index contributed by atoms with van der Waals surface area (Å²) in [7, 11) is 0. The Hall–Kier alpha value is -2.75. The predicted molar refractivity (Wildman–Crippen MR) is 129 cm³/mol. The quantitative estimate of drug-likeness (QED) is 0.341. The number of fused-ring (bicyclic) bond motifs is 1. The molecule has 1 atom stereocenters. The Labute approximate surface area is 202 Å². The highest BCUT2D eigenvalue weighted by Crippen LogP contribution is 2.37. The molecule has 1 aliphatic rings. The molecule has 0 aromatic heterocycles. The average molecular weight is 491 g/mol. The van der Waals surface area contributed by atoms with Crippen LogP contribution >= 0.6 is 23.4 Å². The summed E-state index contributed by atoms with van der Waals surface area (Å²) in [6, 6.07) is 9.82. The molecular formula is C23H27ClN4O4S. The molecule has 176 valence electrons. The third kappa shape index (κ3) is 6.19. The number of hydrogen-bond acceptors (Lipinski definition) is 6. The number of carbonyl (C=O) groups is 3. The zero-order chi connectivity index (χ0) is 24.3. The Kier molecular flexibility index (Phi) is 7.56. The van der Waals surface area contributed by atoms with Crippen molar-refractivity contribution in [3.63, 3.8) is 0 Å². The first-order chi connectivity index (χ1) is 15.5. The molecule has 0 radical (unpaired) electrons. The summed E-state index contributed by atoms with van der Waals surface area (Å²) in [6.07, 6.45) is -0.668. The monoisotopic (exact) mass is 490 g/mol. The SMILES string of the molecule is Cc1cc2c(cc1C(=O)NN)N(Cc1ccc(Cl)cc1)C(=O)[C@@H](NC(=O)OC(C)(C)C)CS2. The fourth-order valence-corrected chi connectivity index (χ4v) is 4.63. The smallest absolute Gasteiger partial charge is 0.408 e. The van der Waals surface area contributed by atoms with Crippen molar-refractivity contribution < 1.29 is 19.1 Å². The van der Waals surface area contributed by atoms with Crippen molar-refractivity contribution in [1.29, 1.82) is 0 Å². The second-order valence-electron chi connectivity index (χ2n) is 8.67. The number of aryl methyl sites for hydroxylation is 1. The number of nitrogens with one attached hydrogen (secondary N) is 2. The molecule has 0 aliphatic carbocycles. The molecule has 10 heteroatoms. The highest BCUT2D eigenvalue weighted by molar-refractivity contribution is 7.99. The number of carbonyl (C=O) groups excluding carboxylic acids is 3. The lowest BCUT2D eigenvalue weighted by atomic mass is 10.1. The van der Waals surface area contributed by atoms with Crippen LogP contribution in [-0.4, -0.2) is 35.3 Å². The number of alkyl carbamates (subject to hydrolysis) is 1. The highest BCUT2D eigenvalue weighted by atomic mass is 35.5. The second-order valence-corrected chi connectivity index (χ2v) is 10.2. The second kappa shape index (κ2) is 10.0. The number of anilines is 1. The summed E-state index contributed by atoms with van der Waals surface area (Å²) in [6.45, 7) is 7.30. The number of benzene rings is 2. The van der Waals surface area contributed by atoms with E-state index in [-0.39, 0.29) is 12.5 Å². The minimum absolute atomic E-state index is 0.225. The molecule has 0 unspecified atom stereocenters. The fourth-order valence-electron chi connectivity index (χ4n) is 3.36. The molecular weight excluding hydrogens is 464 g/mol. The van der Waals surface area contributed by atoms with Crippen molar-refractivity contribution in [1.82, 2.24) is 10.7 Å². The summed E-state index contributed by atoms with van der Waals surface area (Å²) < 4.78 is 5.35. The van der Waals surface area contributed by atoms with Crippen molar-refractivity contribution in [3.8, 4) is 0 Å². The van der Waals surface area contributed by atoms with Gasteiger partial charge in [-0.1, -0.05) is 23.7 Å². The van der Waals surface area contributed by atoms with E-state index in [0.717, 1.165) is 16.0 Å². The summed E-state index contributed by atoms with van der Waals surface area (Å²) >= 11 is 7.43. The van der Waals surface area contributed by atoms with Crippen LogP contribution < -0.4 is 21.5 Å². The fraction of sp³-hybridized carbons (Fsp3) is 0.348. The standard InChI is InChI=1S/C23H27ClN4O4S/c1-13-9-19-18(10-16(13)20(29)27-25)28(11-14-5-7-15(24)8-6-14)21(30)17(12-33-19)26-22(31)32-23(2,3)4/h5-10,17H,11-12,25H2,1-4H3,(H,26,31)(H,27,29)/t17-/m0/s1. The van der Waals surface area contributed by atoms with Crippen LogP contribution in [0.3, 0.4) is 0 Å². The van der Waals surface area contributed by atoms with E-state index in [1.165, 1.54) is 11.8 Å². The molecule has 8 nitrogen and oxygen atoms in total. The molecule has 4 N–H and O–H groups in total. The number of amides is 3. The van der Waals surface area contributed by atoms with Crippen LogP contribution in [0.5, 0.6) is 0 Å². The van der Waals surface area contributed by atoms with Crippen LogP contribution in [0, 0.1) is 6.92 Å². The van der Waals surface area contributed by atoms with E-state index in [0.29, 0.717) is 22.0 Å². The number of nitrogens with two attached hydrogens (primary N) is 1. The maximum absolute atomic E-state index is 13.6. The molecule has 0 saturated heterocycles. The topological polar surface area (TPSA) is 114 Å². The Balaban J connectivity index is 2.01. The molecule has 0 fully saturated rings. The zero-order valence-corrected chi connectivity index (χ0v) is 20.5. The molecule has 2 aromatic rings. The van der Waals surface area contributed by atoms with E-state index in [2.05, 4.69) is 10.7 Å². The zero-order valence-electron chi connectivity index (χ0n) is 18.9. The third-order valence-electron chi connectivity index (χ3n) is 4.89. The maximum atomic E-state index is 13.6. The lowest BCUT2D eigenvalue weighted by Gasteiger charge is -2.27. The van der Waals surface area contributed by atoms with Gasteiger partial charge in [-0.3, -0.25) is 15.0 Å². The molecule has 1 aliphatic heterocycles. The van der Waals surface area contributed by atoms with Gasteiger partial charge in [0.2, 0.25) is 0 Å². The van der Waals surface area contributed by atoms with Crippen LogP contribution in [-0.2, 0) is 16.1 Å². The number of hydrogen-bond donors (Lipinski definition) is 3. The van der Waals surface area contributed by atoms with Crippen molar-refractivity contribution in [2.45, 2.75) is 50.8 Å². The van der Waals surface area contributed by atoms with Gasteiger partial charge in [0.25, 0.3) is 11.8 Å². The van der Waals surface area contributed by atoms with E-state index in [9.17, 15) is 14.4 Å². The first kappa shape index (κ1) is 24.9. The lowest BCUT2D eigenvalue weighted by Crippen LogP contribution is -2.50. The van der Waals surface area contributed by atoms with Crippen molar-refractivity contribution in [3.05, 3.63) is 58.1 Å². The van der Waals surface area contributed by atoms with Crippen molar-refractivity contribution in [2.75, 3.05) is 10.7 Å². The number of thioether (sulfide) groups is 1. The van der Waals surface area contributed by atoms with Gasteiger partial charge in [-0.25, -0.2) is 10.6 Å². The van der Waals surface area contributed by atoms with Gasteiger partial charge in [0, 0.05) is 21.2 Å². The van der Waals surface area contributed by atoms with Gasteiger partial charge in [-0.05, 0) is 63.1 Å². The van der Waals surface area contributed by atoms with Crippen LogP contribution in [0.15, 0.2) is 41.3 Å². The van der Waals surface area contributed by atoms with Gasteiger partial charge >= 0.3 is 6.09 Å². The normalized spacial score (nSPS) is 16.0. The number of hydrazine groups is 1. The van der Waals surface area contributed by atoms with Gasteiger partial charge in [-0.2, -0.15) is 0 Å². The maximum Gasteiger partial charge on any atom is 0.408 e. The summed E-state index contributed by atoms with van der Waals surface area (Å²) in [4.78, 5) is 40.7. The van der Waals surface area contributed by atoms with Crippen LogP contribution in [0.25, 0.3) is 0 Å². The van der Waals surface area contributed by atoms with Gasteiger partial charge in [0.1, 0.15) is 11.6 Å². The van der Waals surface area contributed by atoms with Gasteiger partial charge in [0.15, 0.2) is 0 Å². The number of ether oxygens (including phenoxy) is 1. The third-order valence-corrected chi connectivity index (χ3v) is 6.28. The summed E-state index contributed by atoms with van der Waals surface area (Å²) in [5, 5.41) is 3.28.